The molecule has 1 fully saturated rings. The van der Waals surface area contributed by atoms with Crippen LogP contribution in [-0.2, 0) is 0 Å². The first kappa shape index (κ1) is 19.8. The number of nitrogens with one attached hydrogen (secondary N) is 1. The maximum absolute atomic E-state index is 9.28. The summed E-state index contributed by atoms with van der Waals surface area (Å²) < 4.78 is 0. The molecule has 1 atom stereocenters. The number of fused-ring (bicyclic) bond motifs is 2. The molecule has 160 valence electrons. The van der Waals surface area contributed by atoms with Crippen molar-refractivity contribution < 1.29 is 0 Å². The van der Waals surface area contributed by atoms with Crippen LogP contribution in [0.1, 0.15) is 50.2 Å². The number of piperidine rings is 1. The van der Waals surface area contributed by atoms with E-state index >= 15 is 0 Å². The van der Waals surface area contributed by atoms with Crippen molar-refractivity contribution in [1.82, 2.24) is 20.2 Å². The average Bonchev–Trinajstić information content (AvgIpc) is 3.23. The Kier molecular flexibility index (Phi) is 4.78. The minimum Gasteiger partial charge on any atom is -0.355 e. The second-order valence-corrected chi connectivity index (χ2v) is 9.20. The normalized spacial score (nSPS) is 20.5. The highest BCUT2D eigenvalue weighted by Crippen LogP contribution is 2.40. The first-order valence-corrected chi connectivity index (χ1v) is 11.0. The van der Waals surface area contributed by atoms with Crippen LogP contribution in [0.15, 0.2) is 24.4 Å². The van der Waals surface area contributed by atoms with E-state index < -0.39 is 0 Å². The maximum atomic E-state index is 9.28. The summed E-state index contributed by atoms with van der Waals surface area (Å²) in [5.74, 6) is 2.08. The number of aromatic nitrogens is 4. The zero-order chi connectivity index (χ0) is 21.6. The lowest BCUT2D eigenvalue weighted by Gasteiger charge is -2.39. The van der Waals surface area contributed by atoms with Crippen molar-refractivity contribution in [3.8, 4) is 6.07 Å². The second-order valence-electron chi connectivity index (χ2n) is 9.20. The summed E-state index contributed by atoms with van der Waals surface area (Å²) in [5, 5.41) is 17.0. The highest BCUT2D eigenvalue weighted by atomic mass is 15.3. The highest BCUT2D eigenvalue weighted by Gasteiger charge is 2.30. The first-order chi connectivity index (χ1) is 15.0. The van der Waals surface area contributed by atoms with Gasteiger partial charge >= 0.3 is 0 Å². The van der Waals surface area contributed by atoms with E-state index in [1.165, 1.54) is 5.56 Å². The van der Waals surface area contributed by atoms with Gasteiger partial charge in [-0.1, -0.05) is 13.8 Å². The van der Waals surface area contributed by atoms with Gasteiger partial charge in [0.05, 0.1) is 17.8 Å². The number of H-pyrrole nitrogens is 1. The summed E-state index contributed by atoms with van der Waals surface area (Å²) in [7, 11) is 0. The molecular formula is C23H28N8. The maximum Gasteiger partial charge on any atom is 0.183 e. The van der Waals surface area contributed by atoms with Crippen LogP contribution < -0.4 is 15.5 Å². The number of hydrogen-bond acceptors (Lipinski definition) is 7. The number of nitrogens with two attached hydrogens (primary N) is 1. The van der Waals surface area contributed by atoms with E-state index in [-0.39, 0.29) is 5.41 Å². The molecule has 8 nitrogen and oxygen atoms in total. The Labute approximate surface area is 182 Å². The average molecular weight is 417 g/mol. The molecule has 2 aliphatic heterocycles. The van der Waals surface area contributed by atoms with E-state index in [1.54, 1.807) is 0 Å². The molecule has 31 heavy (non-hydrogen) atoms. The molecule has 0 bridgehead atoms. The Morgan fingerprint density at radius 1 is 1.29 bits per heavy atom. The lowest BCUT2D eigenvalue weighted by atomic mass is 9.80. The smallest absolute Gasteiger partial charge is 0.183 e. The minimum absolute atomic E-state index is 0.222. The lowest BCUT2D eigenvalue weighted by Crippen LogP contribution is -2.42. The third-order valence-electron chi connectivity index (χ3n) is 7.05. The Hall–Kier alpha value is -3.18. The summed E-state index contributed by atoms with van der Waals surface area (Å²) in [4.78, 5) is 14.1. The van der Waals surface area contributed by atoms with E-state index in [0.717, 1.165) is 68.3 Å². The summed E-state index contributed by atoms with van der Waals surface area (Å²) >= 11 is 0. The minimum atomic E-state index is 0.222. The summed E-state index contributed by atoms with van der Waals surface area (Å²) in [6, 6.07) is 8.14. The van der Waals surface area contributed by atoms with Gasteiger partial charge in [-0.3, -0.25) is 5.10 Å². The van der Waals surface area contributed by atoms with Gasteiger partial charge in [-0.2, -0.15) is 10.4 Å². The number of nitrogens with zero attached hydrogens (tertiary/aromatic N) is 6. The van der Waals surface area contributed by atoms with Crippen LogP contribution in [0.3, 0.4) is 0 Å². The van der Waals surface area contributed by atoms with E-state index in [1.807, 2.05) is 24.4 Å². The molecule has 1 aromatic carbocycles. The molecule has 8 heteroatoms. The molecule has 1 saturated heterocycles. The largest absolute Gasteiger partial charge is 0.355 e. The Bertz CT molecular complexity index is 1150. The fourth-order valence-electron chi connectivity index (χ4n) is 4.68. The highest BCUT2D eigenvalue weighted by molar-refractivity contribution is 5.88. The molecule has 0 unspecified atom stereocenters. The van der Waals surface area contributed by atoms with Gasteiger partial charge in [-0.25, -0.2) is 9.97 Å². The monoisotopic (exact) mass is 416 g/mol. The summed E-state index contributed by atoms with van der Waals surface area (Å²) in [5.41, 5.74) is 10.6. The zero-order valence-electron chi connectivity index (χ0n) is 18.1. The van der Waals surface area contributed by atoms with Gasteiger partial charge in [0.2, 0.25) is 0 Å². The van der Waals surface area contributed by atoms with Crippen molar-refractivity contribution in [3.05, 3.63) is 35.5 Å². The van der Waals surface area contributed by atoms with Crippen molar-refractivity contribution in [2.24, 2.45) is 11.1 Å². The number of aromatic amines is 1. The standard InChI is InChI=1S/C23H28N8/c1-15-5-8-31(18-4-3-16(12-24)11-17(15)18)22-20-21(28-29-22)27-19(13-26-20)30-9-6-23(2,14-25)7-10-30/h3-4,11,13,15H,5-10,14,25H2,1-2H3,(H,27,28,29)/t15-/m1/s1. The second kappa shape index (κ2) is 7.50. The van der Waals surface area contributed by atoms with Crippen LogP contribution >= 0.6 is 0 Å². The van der Waals surface area contributed by atoms with Crippen molar-refractivity contribution in [2.75, 3.05) is 36.0 Å². The number of anilines is 3. The third-order valence-corrected chi connectivity index (χ3v) is 7.05. The van der Waals surface area contributed by atoms with E-state index in [9.17, 15) is 5.26 Å². The molecule has 3 N–H and O–H groups in total. The summed E-state index contributed by atoms with van der Waals surface area (Å²) in [6.07, 6.45) is 4.98. The van der Waals surface area contributed by atoms with Gasteiger partial charge in [-0.05, 0) is 60.9 Å². The fourth-order valence-corrected chi connectivity index (χ4v) is 4.68. The predicted octanol–water partition coefficient (Wildman–Crippen LogP) is 3.44. The first-order valence-electron chi connectivity index (χ1n) is 11.0. The quantitative estimate of drug-likeness (QED) is 0.673. The number of nitriles is 1. The predicted molar refractivity (Wildman–Crippen MR) is 121 cm³/mol. The molecule has 3 aromatic rings. The van der Waals surface area contributed by atoms with Crippen molar-refractivity contribution >= 4 is 28.5 Å². The Morgan fingerprint density at radius 2 is 2.10 bits per heavy atom. The third kappa shape index (κ3) is 3.39. The van der Waals surface area contributed by atoms with Crippen molar-refractivity contribution in [3.63, 3.8) is 0 Å². The van der Waals surface area contributed by atoms with Crippen LogP contribution in [0.5, 0.6) is 0 Å². The molecule has 5 rings (SSSR count). The molecule has 4 heterocycles. The SMILES string of the molecule is C[C@@H]1CCN(c2n[nH]c3nc(N4CCC(C)(CN)CC4)cnc23)c2ccc(C#N)cc21. The molecule has 0 radical (unpaired) electrons. The summed E-state index contributed by atoms with van der Waals surface area (Å²) in [6.45, 7) is 7.92. The Balaban J connectivity index is 1.45. The van der Waals surface area contributed by atoms with Crippen molar-refractivity contribution in [2.45, 2.75) is 39.0 Å². The van der Waals surface area contributed by atoms with Gasteiger partial charge in [-0.15, -0.1) is 0 Å². The van der Waals surface area contributed by atoms with Crippen LogP contribution in [0.2, 0.25) is 0 Å². The van der Waals surface area contributed by atoms with Gasteiger partial charge < -0.3 is 15.5 Å². The molecular weight excluding hydrogens is 388 g/mol. The topological polar surface area (TPSA) is 111 Å². The fraction of sp³-hybridized carbons (Fsp3) is 0.478. The van der Waals surface area contributed by atoms with Crippen molar-refractivity contribution in [1.29, 1.82) is 5.26 Å². The molecule has 0 saturated carbocycles. The van der Waals surface area contributed by atoms with E-state index in [4.69, 9.17) is 15.7 Å². The number of benzene rings is 1. The molecule has 2 aliphatic rings. The van der Waals surface area contributed by atoms with Gasteiger partial charge in [0.25, 0.3) is 0 Å². The Morgan fingerprint density at radius 3 is 2.84 bits per heavy atom. The van der Waals surface area contributed by atoms with Crippen LogP contribution in [0, 0.1) is 16.7 Å². The van der Waals surface area contributed by atoms with Gasteiger partial charge in [0.1, 0.15) is 5.82 Å². The lowest BCUT2D eigenvalue weighted by molar-refractivity contribution is 0.258. The van der Waals surface area contributed by atoms with Crippen LogP contribution in [0.25, 0.3) is 11.2 Å². The number of rotatable bonds is 3. The van der Waals surface area contributed by atoms with Gasteiger partial charge in [0, 0.05) is 25.3 Å². The van der Waals surface area contributed by atoms with Crippen LogP contribution in [-0.4, -0.2) is 46.3 Å². The van der Waals surface area contributed by atoms with E-state index in [0.29, 0.717) is 17.1 Å². The molecule has 2 aromatic heterocycles. The van der Waals surface area contributed by atoms with E-state index in [2.05, 4.69) is 39.9 Å². The molecule has 0 amide bonds. The zero-order valence-corrected chi connectivity index (χ0v) is 18.1. The van der Waals surface area contributed by atoms with Crippen LogP contribution in [0.4, 0.5) is 17.3 Å². The number of hydrogen-bond donors (Lipinski definition) is 2. The molecule has 0 spiro atoms. The molecule has 0 aliphatic carbocycles. The van der Waals surface area contributed by atoms with Gasteiger partial charge in [0.15, 0.2) is 17.0 Å².